The number of benzene rings is 1. The van der Waals surface area contributed by atoms with Gasteiger partial charge in [-0.2, -0.15) is 5.10 Å². The second-order valence-corrected chi connectivity index (χ2v) is 8.16. The molecule has 1 aliphatic heterocycles. The molecule has 1 aliphatic carbocycles. The van der Waals surface area contributed by atoms with Crippen molar-refractivity contribution in [3.8, 4) is 0 Å². The molecule has 0 bridgehead atoms. The van der Waals surface area contributed by atoms with Crippen LogP contribution in [0, 0.1) is 11.8 Å². The van der Waals surface area contributed by atoms with Crippen LogP contribution in [0.15, 0.2) is 36.7 Å². The van der Waals surface area contributed by atoms with Crippen molar-refractivity contribution >= 4 is 17.6 Å². The molecule has 0 spiro atoms. The van der Waals surface area contributed by atoms with Crippen LogP contribution in [-0.4, -0.2) is 45.4 Å². The lowest BCUT2D eigenvalue weighted by Crippen LogP contribution is -2.32. The lowest BCUT2D eigenvalue weighted by molar-refractivity contribution is -0.130. The Bertz CT molecular complexity index is 951. The Morgan fingerprint density at radius 3 is 2.76 bits per heavy atom. The molecular weight excluding hydrogens is 368 g/mol. The maximum absolute atomic E-state index is 12.8. The summed E-state index contributed by atoms with van der Waals surface area (Å²) in [6.45, 7) is 0.786. The number of likely N-dealkylation sites (tertiary alicyclic amines) is 1. The highest BCUT2D eigenvalue weighted by Gasteiger charge is 2.40. The van der Waals surface area contributed by atoms with E-state index in [4.69, 9.17) is 5.73 Å². The van der Waals surface area contributed by atoms with Crippen LogP contribution in [0.4, 0.5) is 0 Å². The summed E-state index contributed by atoms with van der Waals surface area (Å²) in [7, 11) is 1.82. The van der Waals surface area contributed by atoms with Crippen LogP contribution in [0.25, 0.3) is 0 Å². The van der Waals surface area contributed by atoms with Crippen LogP contribution in [-0.2, 0) is 23.1 Å². The minimum absolute atomic E-state index is 0.0192. The van der Waals surface area contributed by atoms with Gasteiger partial charge in [-0.25, -0.2) is 0 Å². The van der Waals surface area contributed by atoms with Crippen molar-refractivity contribution in [3.05, 3.63) is 53.3 Å². The molecule has 2 N–H and O–H groups in total. The smallest absolute Gasteiger partial charge is 0.223 e. The van der Waals surface area contributed by atoms with Crippen molar-refractivity contribution in [3.63, 3.8) is 0 Å². The zero-order valence-corrected chi connectivity index (χ0v) is 16.6. The van der Waals surface area contributed by atoms with E-state index in [1.807, 2.05) is 37.5 Å². The molecule has 3 atom stereocenters. The SMILES string of the molecule is Cn1cc([C@@H]2CN(C(=O)CCC3CCc4ccccc4C3=O)C[C@H]2C(N)=O)cn1. The van der Waals surface area contributed by atoms with Gasteiger partial charge >= 0.3 is 0 Å². The van der Waals surface area contributed by atoms with E-state index >= 15 is 0 Å². The monoisotopic (exact) mass is 394 g/mol. The number of carbonyl (C=O) groups is 3. The quantitative estimate of drug-likeness (QED) is 0.834. The maximum atomic E-state index is 12.8. The number of amides is 2. The second kappa shape index (κ2) is 7.81. The van der Waals surface area contributed by atoms with Gasteiger partial charge in [0.1, 0.15) is 0 Å². The van der Waals surface area contributed by atoms with Gasteiger partial charge in [-0.15, -0.1) is 0 Å². The number of primary amides is 1. The zero-order valence-electron chi connectivity index (χ0n) is 16.6. The summed E-state index contributed by atoms with van der Waals surface area (Å²) in [5.74, 6) is -0.927. The molecule has 152 valence electrons. The van der Waals surface area contributed by atoms with Gasteiger partial charge in [0.05, 0.1) is 12.1 Å². The number of nitrogens with zero attached hydrogens (tertiary/aromatic N) is 3. The van der Waals surface area contributed by atoms with Gasteiger partial charge in [0.15, 0.2) is 5.78 Å². The molecule has 2 amide bonds. The topological polar surface area (TPSA) is 98.3 Å². The van der Waals surface area contributed by atoms with Crippen molar-refractivity contribution in [2.24, 2.45) is 24.6 Å². The predicted octanol–water partition coefficient (Wildman–Crippen LogP) is 1.67. The third kappa shape index (κ3) is 3.81. The van der Waals surface area contributed by atoms with Crippen LogP contribution in [0.1, 0.15) is 46.7 Å². The van der Waals surface area contributed by atoms with Gasteiger partial charge in [-0.3, -0.25) is 19.1 Å². The van der Waals surface area contributed by atoms with Crippen molar-refractivity contribution in [1.29, 1.82) is 0 Å². The molecule has 4 rings (SSSR count). The number of ketones is 1. The van der Waals surface area contributed by atoms with E-state index in [-0.39, 0.29) is 23.5 Å². The number of hydrogen-bond acceptors (Lipinski definition) is 4. The van der Waals surface area contributed by atoms with Gasteiger partial charge < -0.3 is 10.6 Å². The largest absolute Gasteiger partial charge is 0.369 e. The van der Waals surface area contributed by atoms with Gasteiger partial charge in [0, 0.05) is 50.2 Å². The van der Waals surface area contributed by atoms with Gasteiger partial charge in [-0.05, 0) is 30.4 Å². The summed E-state index contributed by atoms with van der Waals surface area (Å²) < 4.78 is 1.68. The molecule has 7 heteroatoms. The van der Waals surface area contributed by atoms with Crippen LogP contribution in [0.2, 0.25) is 0 Å². The van der Waals surface area contributed by atoms with E-state index in [2.05, 4.69) is 5.10 Å². The van der Waals surface area contributed by atoms with E-state index in [1.54, 1.807) is 15.8 Å². The third-order valence-corrected chi connectivity index (χ3v) is 6.31. The van der Waals surface area contributed by atoms with E-state index in [9.17, 15) is 14.4 Å². The molecule has 1 aromatic carbocycles. The number of aryl methyl sites for hydroxylation is 2. The first kappa shape index (κ1) is 19.4. The summed E-state index contributed by atoms with van der Waals surface area (Å²) in [4.78, 5) is 39.2. The molecule has 2 heterocycles. The molecule has 1 fully saturated rings. The fourth-order valence-corrected chi connectivity index (χ4v) is 4.66. The Hall–Kier alpha value is -2.96. The van der Waals surface area contributed by atoms with E-state index in [1.165, 1.54) is 0 Å². The Morgan fingerprint density at radius 1 is 1.24 bits per heavy atom. The fraction of sp³-hybridized carbons (Fsp3) is 0.455. The number of hydrogen-bond donors (Lipinski definition) is 1. The van der Waals surface area contributed by atoms with Crippen molar-refractivity contribution in [2.45, 2.75) is 31.6 Å². The maximum Gasteiger partial charge on any atom is 0.223 e. The number of nitrogens with two attached hydrogens (primary N) is 1. The lowest BCUT2D eigenvalue weighted by Gasteiger charge is -2.24. The van der Waals surface area contributed by atoms with E-state index in [0.29, 0.717) is 25.9 Å². The highest BCUT2D eigenvalue weighted by atomic mass is 16.2. The normalized spacial score (nSPS) is 23.8. The standard InChI is InChI=1S/C22H26N4O3/c1-25-11-16(10-24-25)18-12-26(13-19(18)22(23)29)20(27)9-8-15-7-6-14-4-2-3-5-17(14)21(15)28/h2-5,10-11,15,18-19H,6-9,12-13H2,1H3,(H2,23,29)/t15?,18-,19+/m0/s1. The number of aromatic nitrogens is 2. The third-order valence-electron chi connectivity index (χ3n) is 6.31. The molecule has 0 radical (unpaired) electrons. The highest BCUT2D eigenvalue weighted by molar-refractivity contribution is 6.00. The van der Waals surface area contributed by atoms with Gasteiger partial charge in [0.2, 0.25) is 11.8 Å². The first-order valence-electron chi connectivity index (χ1n) is 10.1. The Balaban J connectivity index is 1.39. The minimum Gasteiger partial charge on any atom is -0.369 e. The highest BCUT2D eigenvalue weighted by Crippen LogP contribution is 2.34. The molecule has 2 aromatic rings. The Labute approximate surface area is 169 Å². The molecule has 1 aromatic heterocycles. The van der Waals surface area contributed by atoms with Crippen LogP contribution in [0.5, 0.6) is 0 Å². The van der Waals surface area contributed by atoms with Crippen LogP contribution >= 0.6 is 0 Å². The molecule has 0 saturated carbocycles. The molecule has 7 nitrogen and oxygen atoms in total. The van der Waals surface area contributed by atoms with E-state index in [0.717, 1.165) is 29.5 Å². The first-order chi connectivity index (χ1) is 13.9. The molecule has 1 unspecified atom stereocenters. The van der Waals surface area contributed by atoms with Crippen molar-refractivity contribution in [2.75, 3.05) is 13.1 Å². The van der Waals surface area contributed by atoms with Crippen LogP contribution < -0.4 is 5.73 Å². The molecular formula is C22H26N4O3. The average Bonchev–Trinajstić information content (AvgIpc) is 3.34. The predicted molar refractivity (Wildman–Crippen MR) is 107 cm³/mol. The number of rotatable bonds is 5. The Morgan fingerprint density at radius 2 is 2.03 bits per heavy atom. The van der Waals surface area contributed by atoms with E-state index < -0.39 is 11.8 Å². The molecule has 29 heavy (non-hydrogen) atoms. The first-order valence-corrected chi connectivity index (χ1v) is 10.1. The number of fused-ring (bicyclic) bond motifs is 1. The zero-order chi connectivity index (χ0) is 20.5. The summed E-state index contributed by atoms with van der Waals surface area (Å²) in [6.07, 6.45) is 6.10. The summed E-state index contributed by atoms with van der Waals surface area (Å²) in [6, 6.07) is 7.72. The number of Topliss-reactive ketones (excluding diaryl/α,β-unsaturated/α-hetero) is 1. The summed E-state index contributed by atoms with van der Waals surface area (Å²) in [5.41, 5.74) is 8.42. The fourth-order valence-electron chi connectivity index (χ4n) is 4.66. The average molecular weight is 394 g/mol. The minimum atomic E-state index is -0.411. The van der Waals surface area contributed by atoms with Crippen molar-refractivity contribution < 1.29 is 14.4 Å². The van der Waals surface area contributed by atoms with Crippen LogP contribution in [0.3, 0.4) is 0 Å². The van der Waals surface area contributed by atoms with Gasteiger partial charge in [0.25, 0.3) is 0 Å². The van der Waals surface area contributed by atoms with Gasteiger partial charge in [-0.1, -0.05) is 24.3 Å². The molecule has 1 saturated heterocycles. The Kier molecular flexibility index (Phi) is 5.22. The number of carbonyl (C=O) groups excluding carboxylic acids is 3. The summed E-state index contributed by atoms with van der Waals surface area (Å²) >= 11 is 0. The lowest BCUT2D eigenvalue weighted by atomic mass is 9.80. The summed E-state index contributed by atoms with van der Waals surface area (Å²) in [5, 5.41) is 4.17. The second-order valence-electron chi connectivity index (χ2n) is 8.16. The van der Waals surface area contributed by atoms with Crippen molar-refractivity contribution in [1.82, 2.24) is 14.7 Å². The molecule has 2 aliphatic rings.